The first-order valence-corrected chi connectivity index (χ1v) is 4.51. The molecular weight excluding hydrogens is 172 g/mol. The number of hydrogen-bond acceptors (Lipinski definition) is 4. The van der Waals surface area contributed by atoms with E-state index >= 15 is 0 Å². The normalized spacial score (nSPS) is 20.9. The average molecular weight is 186 g/mol. The number of carboxylic acids is 1. The van der Waals surface area contributed by atoms with Gasteiger partial charge in [-0.3, -0.25) is 0 Å². The molecule has 1 heterocycles. The third kappa shape index (κ3) is 3.10. The molecule has 1 aliphatic heterocycles. The highest BCUT2D eigenvalue weighted by molar-refractivity contribution is 5.73. The van der Waals surface area contributed by atoms with Crippen LogP contribution in [0.1, 0.15) is 19.3 Å². The lowest BCUT2D eigenvalue weighted by molar-refractivity contribution is -0.139. The fourth-order valence-electron chi connectivity index (χ4n) is 1.54. The van der Waals surface area contributed by atoms with Gasteiger partial charge in [0.25, 0.3) is 0 Å². The number of carbonyl (C=O) groups is 1. The van der Waals surface area contributed by atoms with Crippen LogP contribution in [0.5, 0.6) is 0 Å². The van der Waals surface area contributed by atoms with E-state index in [0.29, 0.717) is 0 Å². The molecule has 0 aromatic rings. The van der Waals surface area contributed by atoms with E-state index in [9.17, 15) is 9.70 Å². The first-order valence-electron chi connectivity index (χ1n) is 4.51. The Labute approximate surface area is 76.7 Å². The molecule has 1 atom stereocenters. The minimum atomic E-state index is -1.12. The Morgan fingerprint density at radius 3 is 2.46 bits per heavy atom. The Kier molecular flexibility index (Phi) is 3.82. The van der Waals surface area contributed by atoms with E-state index in [2.05, 4.69) is 5.18 Å². The monoisotopic (exact) mass is 186 g/mol. The zero-order valence-corrected chi connectivity index (χ0v) is 7.48. The number of rotatable bonds is 4. The highest BCUT2D eigenvalue weighted by atomic mass is 16.4. The fourth-order valence-corrected chi connectivity index (χ4v) is 1.54. The number of nitrogens with zero attached hydrogens (tertiary/aromatic N) is 2. The van der Waals surface area contributed by atoms with Crippen molar-refractivity contribution >= 4 is 5.97 Å². The summed E-state index contributed by atoms with van der Waals surface area (Å²) in [5.41, 5.74) is 0. The van der Waals surface area contributed by atoms with Crippen molar-refractivity contribution in [1.82, 2.24) is 4.90 Å². The van der Waals surface area contributed by atoms with Crippen molar-refractivity contribution in [3.63, 3.8) is 0 Å². The molecule has 1 aliphatic rings. The van der Waals surface area contributed by atoms with Crippen LogP contribution in [0.4, 0.5) is 0 Å². The Morgan fingerprint density at radius 1 is 1.38 bits per heavy atom. The molecule has 1 unspecified atom stereocenters. The van der Waals surface area contributed by atoms with E-state index < -0.39 is 12.0 Å². The topological polar surface area (TPSA) is 70.0 Å². The van der Waals surface area contributed by atoms with Crippen molar-refractivity contribution in [1.29, 1.82) is 0 Å². The second-order valence-corrected chi connectivity index (χ2v) is 3.32. The van der Waals surface area contributed by atoms with E-state index in [1.807, 2.05) is 4.90 Å². The predicted molar refractivity (Wildman–Crippen MR) is 47.5 cm³/mol. The standard InChI is InChI=1S/C8H14N2O3/c11-8(12)7(9-13)6-10-4-2-1-3-5-10/h7H,1-6H2,(H,11,12). The summed E-state index contributed by atoms with van der Waals surface area (Å²) >= 11 is 0. The molecule has 5 heteroatoms. The van der Waals surface area contributed by atoms with Crippen LogP contribution in [0.3, 0.4) is 0 Å². The van der Waals surface area contributed by atoms with Gasteiger partial charge in [0.1, 0.15) is 0 Å². The maximum Gasteiger partial charge on any atom is 0.333 e. The summed E-state index contributed by atoms with van der Waals surface area (Å²) in [7, 11) is 0. The third-order valence-electron chi connectivity index (χ3n) is 2.29. The van der Waals surface area contributed by atoms with Gasteiger partial charge in [-0.1, -0.05) is 11.6 Å². The molecule has 5 nitrogen and oxygen atoms in total. The number of likely N-dealkylation sites (tertiary alicyclic amines) is 1. The van der Waals surface area contributed by atoms with Crippen LogP contribution in [0.15, 0.2) is 5.18 Å². The highest BCUT2D eigenvalue weighted by Crippen LogP contribution is 2.09. The minimum Gasteiger partial charge on any atom is -0.480 e. The Hall–Kier alpha value is -0.970. The molecule has 1 rings (SSSR count). The smallest absolute Gasteiger partial charge is 0.333 e. The summed E-state index contributed by atoms with van der Waals surface area (Å²) in [6, 6.07) is -1.10. The predicted octanol–water partition coefficient (Wildman–Crippen LogP) is 0.692. The number of piperidine rings is 1. The van der Waals surface area contributed by atoms with Crippen LogP contribution < -0.4 is 0 Å². The van der Waals surface area contributed by atoms with Crippen molar-refractivity contribution in [2.45, 2.75) is 25.3 Å². The van der Waals surface area contributed by atoms with Gasteiger partial charge in [-0.25, -0.2) is 4.79 Å². The van der Waals surface area contributed by atoms with Gasteiger partial charge in [-0.15, -0.1) is 4.91 Å². The van der Waals surface area contributed by atoms with E-state index in [0.717, 1.165) is 25.9 Å². The summed E-state index contributed by atoms with van der Waals surface area (Å²) in [5.74, 6) is -1.12. The number of nitroso groups, excluding NO2 is 1. The first kappa shape index (κ1) is 10.1. The average Bonchev–Trinajstić information content (AvgIpc) is 2.15. The van der Waals surface area contributed by atoms with E-state index in [1.165, 1.54) is 6.42 Å². The number of hydrogen-bond donors (Lipinski definition) is 1. The zero-order valence-electron chi connectivity index (χ0n) is 7.48. The Balaban J connectivity index is 2.35. The molecule has 0 bridgehead atoms. The maximum atomic E-state index is 10.5. The van der Waals surface area contributed by atoms with Crippen LogP contribution in [0, 0.1) is 4.91 Å². The van der Waals surface area contributed by atoms with Gasteiger partial charge in [0.05, 0.1) is 0 Å². The molecule has 0 aromatic heterocycles. The summed E-state index contributed by atoms with van der Waals surface area (Å²) in [6.07, 6.45) is 3.37. The number of aliphatic carboxylic acids is 1. The van der Waals surface area contributed by atoms with Crippen LogP contribution >= 0.6 is 0 Å². The van der Waals surface area contributed by atoms with Gasteiger partial charge >= 0.3 is 5.97 Å². The molecule has 0 radical (unpaired) electrons. The van der Waals surface area contributed by atoms with E-state index in [-0.39, 0.29) is 6.54 Å². The van der Waals surface area contributed by atoms with Gasteiger partial charge in [-0.05, 0) is 25.9 Å². The van der Waals surface area contributed by atoms with Crippen LogP contribution in [-0.4, -0.2) is 41.7 Å². The molecule has 13 heavy (non-hydrogen) atoms. The van der Waals surface area contributed by atoms with Gasteiger partial charge in [0.15, 0.2) is 0 Å². The molecular formula is C8H14N2O3. The Morgan fingerprint density at radius 2 is 2.00 bits per heavy atom. The minimum absolute atomic E-state index is 0.263. The largest absolute Gasteiger partial charge is 0.480 e. The third-order valence-corrected chi connectivity index (χ3v) is 2.29. The molecule has 0 saturated carbocycles. The molecule has 1 fully saturated rings. The molecule has 1 saturated heterocycles. The van der Waals surface area contributed by atoms with Crippen molar-refractivity contribution in [3.05, 3.63) is 4.91 Å². The molecule has 0 aromatic carbocycles. The quantitative estimate of drug-likeness (QED) is 0.656. The van der Waals surface area contributed by atoms with Gasteiger partial charge in [0, 0.05) is 6.54 Å². The van der Waals surface area contributed by atoms with Crippen molar-refractivity contribution in [3.8, 4) is 0 Å². The first-order chi connectivity index (χ1) is 6.24. The van der Waals surface area contributed by atoms with Crippen molar-refractivity contribution < 1.29 is 9.90 Å². The Bertz CT molecular complexity index is 190. The lowest BCUT2D eigenvalue weighted by atomic mass is 10.1. The molecule has 0 spiro atoms. The SMILES string of the molecule is O=NC(CN1CCCCC1)C(=O)O. The van der Waals surface area contributed by atoms with Crippen LogP contribution in [0.25, 0.3) is 0 Å². The summed E-state index contributed by atoms with van der Waals surface area (Å²) < 4.78 is 0. The molecule has 0 aliphatic carbocycles. The summed E-state index contributed by atoms with van der Waals surface area (Å²) in [6.45, 7) is 2.04. The zero-order chi connectivity index (χ0) is 9.68. The van der Waals surface area contributed by atoms with Gasteiger partial charge < -0.3 is 10.0 Å². The lowest BCUT2D eigenvalue weighted by Crippen LogP contribution is -2.38. The van der Waals surface area contributed by atoms with Gasteiger partial charge in [-0.2, -0.15) is 0 Å². The maximum absolute atomic E-state index is 10.5. The number of carboxylic acid groups (broad SMARTS) is 1. The molecule has 74 valence electrons. The second-order valence-electron chi connectivity index (χ2n) is 3.32. The lowest BCUT2D eigenvalue weighted by Gasteiger charge is -2.26. The van der Waals surface area contributed by atoms with Crippen molar-refractivity contribution in [2.75, 3.05) is 19.6 Å². The summed E-state index contributed by atoms with van der Waals surface area (Å²) in [5, 5.41) is 11.2. The van der Waals surface area contributed by atoms with Crippen molar-refractivity contribution in [2.24, 2.45) is 5.18 Å². The fraction of sp³-hybridized carbons (Fsp3) is 0.875. The summed E-state index contributed by atoms with van der Waals surface area (Å²) in [4.78, 5) is 22.6. The second kappa shape index (κ2) is 4.91. The van der Waals surface area contributed by atoms with Crippen LogP contribution in [-0.2, 0) is 4.79 Å². The van der Waals surface area contributed by atoms with Crippen LogP contribution in [0.2, 0.25) is 0 Å². The van der Waals surface area contributed by atoms with E-state index in [4.69, 9.17) is 5.11 Å². The van der Waals surface area contributed by atoms with E-state index in [1.54, 1.807) is 0 Å². The van der Waals surface area contributed by atoms with Gasteiger partial charge in [0.2, 0.25) is 6.04 Å². The highest BCUT2D eigenvalue weighted by Gasteiger charge is 2.22. The molecule has 1 N–H and O–H groups in total. The molecule has 0 amide bonds.